The lowest BCUT2D eigenvalue weighted by Crippen LogP contribution is -1.66. The molecule has 0 heterocycles. The molecule has 13 heavy (non-hydrogen) atoms. The van der Waals surface area contributed by atoms with Crippen molar-refractivity contribution >= 4 is 0 Å². The fourth-order valence-corrected chi connectivity index (χ4v) is 0.681. The van der Waals surface area contributed by atoms with E-state index in [1.165, 1.54) is 5.56 Å². The average Bonchev–Trinajstić information content (AvgIpc) is 2.13. The van der Waals surface area contributed by atoms with Crippen LogP contribution in [0.15, 0.2) is 49.1 Å². The zero-order chi connectivity index (χ0) is 10.1. The zero-order valence-corrected chi connectivity index (χ0v) is 8.20. The Bertz CT molecular complexity index is 236. The Balaban J connectivity index is 0.000000252. The van der Waals surface area contributed by atoms with E-state index in [-0.39, 0.29) is 0 Å². The van der Waals surface area contributed by atoms with Gasteiger partial charge in [0.15, 0.2) is 0 Å². The third-order valence-electron chi connectivity index (χ3n) is 1.36. The van der Waals surface area contributed by atoms with Crippen molar-refractivity contribution in [3.63, 3.8) is 0 Å². The maximum atomic E-state index is 8.76. The molecule has 0 bridgehead atoms. The molecule has 0 aliphatic rings. The first-order valence-electron chi connectivity index (χ1n) is 4.20. The molecule has 1 nitrogen and oxygen atoms in total. The second-order valence-corrected chi connectivity index (χ2v) is 2.60. The van der Waals surface area contributed by atoms with E-state index in [0.29, 0.717) is 5.75 Å². The van der Waals surface area contributed by atoms with E-state index in [2.05, 4.69) is 6.58 Å². The summed E-state index contributed by atoms with van der Waals surface area (Å²) in [6.45, 7) is 7.41. The summed E-state index contributed by atoms with van der Waals surface area (Å²) in [5.41, 5.74) is 1.17. The van der Waals surface area contributed by atoms with Crippen LogP contribution in [0.3, 0.4) is 0 Å². The van der Waals surface area contributed by atoms with Gasteiger partial charge in [0.25, 0.3) is 0 Å². The summed E-state index contributed by atoms with van der Waals surface area (Å²) in [7, 11) is 0. The van der Waals surface area contributed by atoms with Gasteiger partial charge in [-0.25, -0.2) is 0 Å². The molecule has 0 aromatic heterocycles. The predicted octanol–water partition coefficient (Wildman–Crippen LogP) is 3.45. The smallest absolute Gasteiger partial charge is 0.115 e. The summed E-state index contributed by atoms with van der Waals surface area (Å²) in [4.78, 5) is 0. The van der Waals surface area contributed by atoms with Crippen molar-refractivity contribution in [2.24, 2.45) is 0 Å². The number of benzene rings is 1. The second-order valence-electron chi connectivity index (χ2n) is 2.60. The van der Waals surface area contributed by atoms with Gasteiger partial charge in [-0.3, -0.25) is 0 Å². The molecule has 0 atom stereocenters. The van der Waals surface area contributed by atoms with Gasteiger partial charge < -0.3 is 5.11 Å². The van der Waals surface area contributed by atoms with E-state index in [9.17, 15) is 0 Å². The SMILES string of the molecule is C=C/C=C\C.Cc1ccc(O)cc1. The van der Waals surface area contributed by atoms with Crippen LogP contribution >= 0.6 is 0 Å². The van der Waals surface area contributed by atoms with E-state index in [0.717, 1.165) is 0 Å². The first-order valence-corrected chi connectivity index (χ1v) is 4.20. The highest BCUT2D eigenvalue weighted by atomic mass is 16.3. The van der Waals surface area contributed by atoms with E-state index in [1.807, 2.05) is 38.1 Å². The number of hydrogen-bond acceptors (Lipinski definition) is 1. The van der Waals surface area contributed by atoms with E-state index in [1.54, 1.807) is 18.2 Å². The van der Waals surface area contributed by atoms with Crippen molar-refractivity contribution in [3.8, 4) is 5.75 Å². The quantitative estimate of drug-likeness (QED) is 0.650. The van der Waals surface area contributed by atoms with Crippen molar-refractivity contribution in [1.29, 1.82) is 0 Å². The van der Waals surface area contributed by atoms with Crippen molar-refractivity contribution in [2.45, 2.75) is 13.8 Å². The van der Waals surface area contributed by atoms with Crippen LogP contribution < -0.4 is 0 Å². The highest BCUT2D eigenvalue weighted by Crippen LogP contribution is 2.07. The van der Waals surface area contributed by atoms with Crippen molar-refractivity contribution < 1.29 is 5.11 Å². The topological polar surface area (TPSA) is 20.2 Å². The third kappa shape index (κ3) is 6.88. The number of hydrogen-bond donors (Lipinski definition) is 1. The molecule has 1 aromatic rings. The van der Waals surface area contributed by atoms with Crippen LogP contribution in [-0.4, -0.2) is 5.11 Å². The lowest BCUT2D eigenvalue weighted by Gasteiger charge is -1.89. The summed E-state index contributed by atoms with van der Waals surface area (Å²) in [5.74, 6) is 0.329. The number of phenolic OH excluding ortho intramolecular Hbond substituents is 1. The molecule has 1 N–H and O–H groups in total. The van der Waals surface area contributed by atoms with Gasteiger partial charge in [-0.15, -0.1) is 0 Å². The van der Waals surface area contributed by atoms with Crippen molar-refractivity contribution in [2.75, 3.05) is 0 Å². The summed E-state index contributed by atoms with van der Waals surface area (Å²) in [5, 5.41) is 8.76. The highest BCUT2D eigenvalue weighted by molar-refractivity contribution is 5.24. The normalized spacial score (nSPS) is 9.08. The van der Waals surface area contributed by atoms with Crippen LogP contribution in [0, 0.1) is 6.92 Å². The molecular weight excluding hydrogens is 160 g/mol. The van der Waals surface area contributed by atoms with Crippen LogP contribution in [0.25, 0.3) is 0 Å². The van der Waals surface area contributed by atoms with E-state index in [4.69, 9.17) is 5.11 Å². The summed E-state index contributed by atoms with van der Waals surface area (Å²) >= 11 is 0. The molecule has 0 saturated carbocycles. The molecule has 0 aliphatic carbocycles. The van der Waals surface area contributed by atoms with E-state index >= 15 is 0 Å². The van der Waals surface area contributed by atoms with Gasteiger partial charge >= 0.3 is 0 Å². The monoisotopic (exact) mass is 176 g/mol. The van der Waals surface area contributed by atoms with Crippen LogP contribution in [0.4, 0.5) is 0 Å². The van der Waals surface area contributed by atoms with Crippen molar-refractivity contribution in [3.05, 3.63) is 54.6 Å². The Kier molecular flexibility index (Phi) is 6.34. The molecule has 0 aliphatic heterocycles. The summed E-state index contributed by atoms with van der Waals surface area (Å²) in [6, 6.07) is 7.09. The van der Waals surface area contributed by atoms with E-state index < -0.39 is 0 Å². The van der Waals surface area contributed by atoms with Gasteiger partial charge in [0, 0.05) is 0 Å². The van der Waals surface area contributed by atoms with Crippen LogP contribution in [0.2, 0.25) is 0 Å². The standard InChI is InChI=1S/C7H8O.C5H8/c1-6-2-4-7(8)5-3-6;1-3-5-4-2/h2-5,8H,1H3;3-5H,1H2,2H3/b;5-4-. The Hall–Kier alpha value is -1.50. The summed E-state index contributed by atoms with van der Waals surface area (Å²) < 4.78 is 0. The molecule has 0 fully saturated rings. The molecule has 0 radical (unpaired) electrons. The number of rotatable bonds is 1. The lowest BCUT2D eigenvalue weighted by molar-refractivity contribution is 0.475. The van der Waals surface area contributed by atoms with Gasteiger partial charge in [-0.2, -0.15) is 0 Å². The Labute approximate surface area is 80.0 Å². The first kappa shape index (κ1) is 11.5. The average molecular weight is 176 g/mol. The number of allylic oxidation sites excluding steroid dienone is 3. The van der Waals surface area contributed by atoms with Crippen LogP contribution in [0.1, 0.15) is 12.5 Å². The molecule has 1 rings (SSSR count). The first-order chi connectivity index (χ1) is 6.20. The Morgan fingerprint density at radius 3 is 2.00 bits per heavy atom. The van der Waals surface area contributed by atoms with Gasteiger partial charge in [0.2, 0.25) is 0 Å². The predicted molar refractivity (Wildman–Crippen MR) is 57.9 cm³/mol. The van der Waals surface area contributed by atoms with Gasteiger partial charge in [-0.05, 0) is 26.0 Å². The maximum Gasteiger partial charge on any atom is 0.115 e. The fourth-order valence-electron chi connectivity index (χ4n) is 0.681. The van der Waals surface area contributed by atoms with Crippen LogP contribution in [-0.2, 0) is 0 Å². The highest BCUT2D eigenvalue weighted by Gasteiger charge is 1.82. The minimum absolute atomic E-state index is 0.329. The molecular formula is C12H16O. The molecule has 0 amide bonds. The zero-order valence-electron chi connectivity index (χ0n) is 8.20. The molecule has 0 unspecified atom stereocenters. The Morgan fingerprint density at radius 2 is 1.77 bits per heavy atom. The number of aromatic hydroxyl groups is 1. The van der Waals surface area contributed by atoms with Gasteiger partial charge in [0.05, 0.1) is 0 Å². The molecule has 70 valence electrons. The third-order valence-corrected chi connectivity index (χ3v) is 1.36. The van der Waals surface area contributed by atoms with Crippen molar-refractivity contribution in [1.82, 2.24) is 0 Å². The molecule has 0 saturated heterocycles. The van der Waals surface area contributed by atoms with Crippen LogP contribution in [0.5, 0.6) is 5.75 Å². The van der Waals surface area contributed by atoms with Gasteiger partial charge in [-0.1, -0.05) is 42.5 Å². The molecule has 0 spiro atoms. The lowest BCUT2D eigenvalue weighted by atomic mass is 10.2. The summed E-state index contributed by atoms with van der Waals surface area (Å²) in [6.07, 6.45) is 5.58. The minimum atomic E-state index is 0.329. The maximum absolute atomic E-state index is 8.76. The number of phenols is 1. The van der Waals surface area contributed by atoms with Gasteiger partial charge in [0.1, 0.15) is 5.75 Å². The Morgan fingerprint density at radius 1 is 1.23 bits per heavy atom. The largest absolute Gasteiger partial charge is 0.508 e. The molecule has 1 aromatic carbocycles. The molecule has 1 heteroatoms. The fraction of sp³-hybridized carbons (Fsp3) is 0.167. The second kappa shape index (κ2) is 7.17. The number of aryl methyl sites for hydroxylation is 1. The minimum Gasteiger partial charge on any atom is -0.508 e.